The molecule has 4 bridgehead atoms. The van der Waals surface area contributed by atoms with Crippen LogP contribution in [0.4, 0.5) is 0 Å². The van der Waals surface area contributed by atoms with Gasteiger partial charge in [0, 0.05) is 29.6 Å². The van der Waals surface area contributed by atoms with Crippen LogP contribution in [0.25, 0.3) is 11.1 Å². The van der Waals surface area contributed by atoms with Gasteiger partial charge in [-0.2, -0.15) is 0 Å². The summed E-state index contributed by atoms with van der Waals surface area (Å²) in [6.45, 7) is 10.0. The molecule has 328 valence electrons. The molecule has 4 aromatic carbocycles. The average Bonchev–Trinajstić information content (AvgIpc) is 3.53. The van der Waals surface area contributed by atoms with E-state index in [2.05, 4.69) is 58.0 Å². The van der Waals surface area contributed by atoms with Crippen LogP contribution < -0.4 is 9.47 Å². The molecular formula is C55H67NO6. The topological polar surface area (TPSA) is 96.3 Å². The molecule has 0 heterocycles. The highest BCUT2D eigenvalue weighted by Gasteiger charge is 2.59. The monoisotopic (exact) mass is 837 g/mol. The number of amides is 1. The summed E-state index contributed by atoms with van der Waals surface area (Å²) >= 11 is 0. The van der Waals surface area contributed by atoms with Gasteiger partial charge in [-0.15, -0.1) is 0 Å². The van der Waals surface area contributed by atoms with Crippen LogP contribution in [0.5, 0.6) is 11.5 Å². The molecule has 4 fully saturated rings. The van der Waals surface area contributed by atoms with Crippen LogP contribution in [0.15, 0.2) is 103 Å². The molecule has 0 aromatic heterocycles. The summed E-state index contributed by atoms with van der Waals surface area (Å²) in [5.74, 6) is 2.68. The number of aliphatic hydroxyl groups excluding tert-OH is 1. The summed E-state index contributed by atoms with van der Waals surface area (Å²) in [4.78, 5) is 31.7. The second-order valence-electron chi connectivity index (χ2n) is 20.1. The normalized spacial score (nSPS) is 27.9. The third-order valence-electron chi connectivity index (χ3n) is 16.2. The van der Waals surface area contributed by atoms with E-state index < -0.39 is 17.1 Å². The number of carbonyl (C=O) groups is 2. The standard InChI is InChI=1S/C55H67NO6/c1-36-11-10-27-54(4)47(45-24-15-37(29-44(57)23-14-36)30-46(45)52(59)41-19-17-40(18-20-41)39-12-8-7-9-13-39)26-28-55(54,60)35-56(34-42-21-22-43-33-48(42)53(43,2)3)51(58)32-38-16-25-49(61-5)50(31-38)62-6/h7-9,11-13,15-20,24-25,30-31,42-44,47-48,57,60H,10,14,21-23,26-29,32-35H2,1-6H3/t42-,43-,44-,47-,48-,54-,55+/m0/s1. The van der Waals surface area contributed by atoms with Crippen molar-refractivity contribution in [3.8, 4) is 22.6 Å². The molecule has 0 unspecified atom stereocenters. The van der Waals surface area contributed by atoms with E-state index in [0.717, 1.165) is 53.0 Å². The van der Waals surface area contributed by atoms with Gasteiger partial charge in [0.05, 0.1) is 32.3 Å². The number of nitrogens with zero attached hydrogens (tertiary/aromatic N) is 1. The Bertz CT molecular complexity index is 2280. The first-order chi connectivity index (χ1) is 29.7. The van der Waals surface area contributed by atoms with Crippen LogP contribution in [0, 0.1) is 28.6 Å². The van der Waals surface area contributed by atoms with Gasteiger partial charge in [-0.05, 0) is 146 Å². The third-order valence-corrected chi connectivity index (χ3v) is 16.2. The number of ketones is 1. The van der Waals surface area contributed by atoms with Gasteiger partial charge < -0.3 is 24.6 Å². The number of aliphatic hydroxyl groups is 2. The van der Waals surface area contributed by atoms with Crippen molar-refractivity contribution in [1.29, 1.82) is 0 Å². The first-order valence-electron chi connectivity index (χ1n) is 23.1. The molecule has 2 N–H and O–H groups in total. The van der Waals surface area contributed by atoms with Crippen molar-refractivity contribution in [1.82, 2.24) is 4.90 Å². The van der Waals surface area contributed by atoms with E-state index in [1.54, 1.807) is 14.2 Å². The minimum Gasteiger partial charge on any atom is -0.493 e. The fourth-order valence-electron chi connectivity index (χ4n) is 12.1. The lowest BCUT2D eigenvalue weighted by molar-refractivity contribution is -0.149. The van der Waals surface area contributed by atoms with Gasteiger partial charge in [0.2, 0.25) is 5.91 Å². The SMILES string of the molecule is COc1ccc(CC(=O)N(C[C@@H]2CC[C@H]3C[C@@H]2C3(C)C)C[C@]2(O)CC[C@H]3c4ccc(cc4C(=O)c4ccc(-c5ccccc5)cc4)C[C@@H](O)CCC(C)=CCC[C@@]32C)cc1OC. The molecule has 7 heteroatoms. The van der Waals surface area contributed by atoms with Crippen molar-refractivity contribution in [2.45, 2.75) is 116 Å². The maximum absolute atomic E-state index is 14.9. The molecule has 1 amide bonds. The van der Waals surface area contributed by atoms with Crippen molar-refractivity contribution in [3.63, 3.8) is 0 Å². The lowest BCUT2D eigenvalue weighted by Gasteiger charge is -2.61. The van der Waals surface area contributed by atoms with Gasteiger partial charge >= 0.3 is 0 Å². The first-order valence-corrected chi connectivity index (χ1v) is 23.1. The predicted molar refractivity (Wildman–Crippen MR) is 247 cm³/mol. The van der Waals surface area contributed by atoms with Crippen molar-refractivity contribution in [2.75, 3.05) is 27.3 Å². The van der Waals surface area contributed by atoms with Gasteiger partial charge in [0.1, 0.15) is 0 Å². The lowest BCUT2D eigenvalue weighted by Crippen LogP contribution is -2.58. The molecule has 0 saturated heterocycles. The summed E-state index contributed by atoms with van der Waals surface area (Å²) in [6, 6.07) is 29.9. The zero-order chi connectivity index (χ0) is 43.8. The van der Waals surface area contributed by atoms with E-state index in [-0.39, 0.29) is 36.0 Å². The van der Waals surface area contributed by atoms with E-state index >= 15 is 0 Å². The first kappa shape index (κ1) is 43.9. The molecule has 0 radical (unpaired) electrons. The Hall–Kier alpha value is -4.72. The summed E-state index contributed by atoms with van der Waals surface area (Å²) in [6.07, 6.45) is 9.94. The maximum atomic E-state index is 14.9. The fraction of sp³-hybridized carbons (Fsp3) is 0.491. The van der Waals surface area contributed by atoms with E-state index in [1.807, 2.05) is 71.6 Å². The van der Waals surface area contributed by atoms with Gasteiger partial charge in [-0.25, -0.2) is 0 Å². The molecule has 7 atom stereocenters. The zero-order valence-electron chi connectivity index (χ0n) is 37.8. The quantitative estimate of drug-likeness (QED) is 0.115. The highest BCUT2D eigenvalue weighted by Crippen LogP contribution is 2.62. The van der Waals surface area contributed by atoms with Crippen LogP contribution in [-0.4, -0.2) is 65.8 Å². The molecule has 6 aliphatic carbocycles. The predicted octanol–water partition coefficient (Wildman–Crippen LogP) is 10.8. The van der Waals surface area contributed by atoms with E-state index in [9.17, 15) is 19.8 Å². The van der Waals surface area contributed by atoms with Crippen molar-refractivity contribution >= 4 is 11.7 Å². The highest BCUT2D eigenvalue weighted by atomic mass is 16.5. The van der Waals surface area contributed by atoms with Gasteiger partial charge in [0.15, 0.2) is 17.3 Å². The maximum Gasteiger partial charge on any atom is 0.227 e. The van der Waals surface area contributed by atoms with E-state index in [1.165, 1.54) is 18.4 Å². The summed E-state index contributed by atoms with van der Waals surface area (Å²) in [5.41, 5.74) is 5.70. The second kappa shape index (κ2) is 17.8. The number of hydrogen-bond donors (Lipinski definition) is 2. The minimum atomic E-state index is -1.22. The van der Waals surface area contributed by atoms with Crippen LogP contribution in [0.2, 0.25) is 0 Å². The summed E-state index contributed by atoms with van der Waals surface area (Å²) < 4.78 is 11.1. The van der Waals surface area contributed by atoms with Crippen LogP contribution in [-0.2, 0) is 17.6 Å². The van der Waals surface area contributed by atoms with E-state index in [0.29, 0.717) is 73.1 Å². The third kappa shape index (κ3) is 8.52. The van der Waals surface area contributed by atoms with Crippen LogP contribution in [0.3, 0.4) is 0 Å². The molecule has 62 heavy (non-hydrogen) atoms. The number of rotatable bonds is 11. The number of fused-ring (bicyclic) bond motifs is 10. The average molecular weight is 838 g/mol. The number of ether oxygens (including phenoxy) is 2. The summed E-state index contributed by atoms with van der Waals surface area (Å²) in [5, 5.41) is 24.6. The Morgan fingerprint density at radius 3 is 2.27 bits per heavy atom. The fourth-order valence-corrected chi connectivity index (χ4v) is 12.1. The van der Waals surface area contributed by atoms with Crippen LogP contribution >= 0.6 is 0 Å². The lowest BCUT2D eigenvalue weighted by atomic mass is 9.45. The molecule has 0 spiro atoms. The molecule has 10 rings (SSSR count). The zero-order valence-corrected chi connectivity index (χ0v) is 37.8. The number of carbonyl (C=O) groups excluding carboxylic acids is 2. The van der Waals surface area contributed by atoms with Gasteiger partial charge in [-0.1, -0.05) is 105 Å². The Morgan fingerprint density at radius 2 is 1.56 bits per heavy atom. The molecular weight excluding hydrogens is 771 g/mol. The smallest absolute Gasteiger partial charge is 0.227 e. The number of methoxy groups -OCH3 is 2. The Morgan fingerprint density at radius 1 is 0.823 bits per heavy atom. The van der Waals surface area contributed by atoms with Crippen molar-refractivity contribution < 1.29 is 29.3 Å². The van der Waals surface area contributed by atoms with E-state index in [4.69, 9.17) is 9.47 Å². The minimum absolute atomic E-state index is 0.00584. The van der Waals surface area contributed by atoms with Crippen molar-refractivity contribution in [3.05, 3.63) is 130 Å². The Balaban J connectivity index is 1.16. The highest BCUT2D eigenvalue weighted by molar-refractivity contribution is 6.10. The molecule has 0 aliphatic heterocycles. The number of benzene rings is 4. The Kier molecular flexibility index (Phi) is 12.6. The Labute approximate surface area is 369 Å². The van der Waals surface area contributed by atoms with Gasteiger partial charge in [0.25, 0.3) is 0 Å². The van der Waals surface area contributed by atoms with Gasteiger partial charge in [-0.3, -0.25) is 9.59 Å². The number of hydrogen-bond acceptors (Lipinski definition) is 6. The number of allylic oxidation sites excluding steroid dienone is 2. The van der Waals surface area contributed by atoms with Crippen molar-refractivity contribution in [2.24, 2.45) is 28.6 Å². The second-order valence-corrected chi connectivity index (χ2v) is 20.1. The van der Waals surface area contributed by atoms with Crippen LogP contribution in [0.1, 0.15) is 124 Å². The molecule has 4 saturated carbocycles. The molecule has 6 aliphatic rings. The molecule has 7 nitrogen and oxygen atoms in total. The molecule has 4 aromatic rings. The largest absolute Gasteiger partial charge is 0.493 e. The summed E-state index contributed by atoms with van der Waals surface area (Å²) in [7, 11) is 3.22.